The first-order chi connectivity index (χ1) is 23.8. The van der Waals surface area contributed by atoms with E-state index in [9.17, 15) is 29.4 Å². The van der Waals surface area contributed by atoms with Crippen molar-refractivity contribution >= 4 is 55.0 Å². The monoisotopic (exact) mass is 694 g/mol. The topological polar surface area (TPSA) is 183 Å². The molecule has 0 aromatic heterocycles. The summed E-state index contributed by atoms with van der Waals surface area (Å²) in [4.78, 5) is 56.4. The highest BCUT2D eigenvalue weighted by Gasteiger charge is 2.38. The molecule has 50 heavy (non-hydrogen) atoms. The van der Waals surface area contributed by atoms with E-state index < -0.39 is 35.0 Å². The smallest absolute Gasteiger partial charge is 0.345 e. The Kier molecular flexibility index (Phi) is 9.72. The Bertz CT molecular complexity index is 2130. The normalized spacial score (nSPS) is 12.7. The number of fused-ring (bicyclic) bond motifs is 2. The number of aliphatic hydroxyl groups is 2. The second-order valence-corrected chi connectivity index (χ2v) is 11.7. The van der Waals surface area contributed by atoms with Crippen LogP contribution in [0.5, 0.6) is 34.5 Å². The maximum Gasteiger partial charge on any atom is 0.345 e. The van der Waals surface area contributed by atoms with Crippen LogP contribution in [0.2, 0.25) is 0 Å². The van der Waals surface area contributed by atoms with Gasteiger partial charge in [-0.25, -0.2) is 9.59 Å². The number of benzene rings is 5. The van der Waals surface area contributed by atoms with Crippen molar-refractivity contribution in [3.05, 3.63) is 42.7 Å². The maximum absolute atomic E-state index is 14.6. The molecule has 14 nitrogen and oxygen atoms in total. The number of carbonyl (C=O) groups excluding carboxylic acids is 2. The van der Waals surface area contributed by atoms with E-state index >= 15 is 0 Å². The molecule has 0 aliphatic rings. The molecule has 0 fully saturated rings. The summed E-state index contributed by atoms with van der Waals surface area (Å²) in [6.07, 6.45) is -2.26. The highest BCUT2D eigenvalue weighted by molar-refractivity contribution is 6.40. The summed E-state index contributed by atoms with van der Waals surface area (Å²) in [5, 5.41) is 22.4. The minimum Gasteiger partial charge on any atom is -0.495 e. The fourth-order valence-corrected chi connectivity index (χ4v) is 7.21. The van der Waals surface area contributed by atoms with Crippen LogP contribution >= 0.6 is 0 Å². The largest absolute Gasteiger partial charge is 0.495 e. The van der Waals surface area contributed by atoms with Gasteiger partial charge in [0, 0.05) is 45.5 Å². The zero-order valence-corrected chi connectivity index (χ0v) is 29.4. The van der Waals surface area contributed by atoms with E-state index in [0.717, 1.165) is 14.2 Å². The van der Waals surface area contributed by atoms with E-state index in [1.165, 1.54) is 56.5 Å². The van der Waals surface area contributed by atoms with Gasteiger partial charge in [0.05, 0.1) is 79.9 Å². The molecular formula is C36H38O14. The summed E-state index contributed by atoms with van der Waals surface area (Å²) >= 11 is 0. The van der Waals surface area contributed by atoms with Crippen molar-refractivity contribution in [2.24, 2.45) is 0 Å². The molecule has 2 unspecified atom stereocenters. The summed E-state index contributed by atoms with van der Waals surface area (Å²) in [7, 11) is 9.97. The van der Waals surface area contributed by atoms with Crippen LogP contribution in [0.3, 0.4) is 0 Å². The number of ether oxygens (including phenoxy) is 8. The van der Waals surface area contributed by atoms with E-state index in [4.69, 9.17) is 37.9 Å². The summed E-state index contributed by atoms with van der Waals surface area (Å²) in [6, 6.07) is 0. The van der Waals surface area contributed by atoms with Gasteiger partial charge in [-0.2, -0.15) is 0 Å². The zero-order valence-electron chi connectivity index (χ0n) is 29.4. The highest BCUT2D eigenvalue weighted by Crippen LogP contribution is 2.56. The summed E-state index contributed by atoms with van der Waals surface area (Å²) in [5.41, 5.74) is -1.46. The van der Waals surface area contributed by atoms with Crippen LogP contribution in [0.4, 0.5) is 0 Å². The number of hydrogen-bond donors (Lipinski definition) is 2. The first-order valence-electron chi connectivity index (χ1n) is 15.4. The van der Waals surface area contributed by atoms with Gasteiger partial charge in [0.25, 0.3) is 0 Å². The summed E-state index contributed by atoms with van der Waals surface area (Å²) in [5.74, 6) is -2.88. The Morgan fingerprint density at radius 2 is 0.740 bits per heavy atom. The predicted octanol–water partition coefficient (Wildman–Crippen LogP) is 3.37. The van der Waals surface area contributed by atoms with Crippen molar-refractivity contribution in [1.29, 1.82) is 0 Å². The number of esters is 2. The lowest BCUT2D eigenvalue weighted by molar-refractivity contribution is 0.0584. The van der Waals surface area contributed by atoms with Gasteiger partial charge in [-0.1, -0.05) is 0 Å². The second kappa shape index (κ2) is 13.5. The Balaban J connectivity index is 2.50. The molecule has 0 spiro atoms. The van der Waals surface area contributed by atoms with Gasteiger partial charge in [-0.05, 0) is 24.6 Å². The van der Waals surface area contributed by atoms with Crippen LogP contribution in [-0.2, 0) is 22.3 Å². The molecular weight excluding hydrogens is 656 g/mol. The fraction of sp³-hybridized carbons (Fsp3) is 0.389. The van der Waals surface area contributed by atoms with E-state index in [1.807, 2.05) is 0 Å². The van der Waals surface area contributed by atoms with E-state index in [0.29, 0.717) is 10.8 Å². The van der Waals surface area contributed by atoms with Crippen LogP contribution < -0.4 is 39.3 Å². The van der Waals surface area contributed by atoms with Gasteiger partial charge in [-0.15, -0.1) is 0 Å². The molecule has 14 heteroatoms. The number of rotatable bonds is 12. The molecule has 266 valence electrons. The maximum atomic E-state index is 14.6. The van der Waals surface area contributed by atoms with Gasteiger partial charge < -0.3 is 48.1 Å². The van der Waals surface area contributed by atoms with Gasteiger partial charge >= 0.3 is 11.9 Å². The van der Waals surface area contributed by atoms with Crippen molar-refractivity contribution in [3.8, 4) is 34.5 Å². The van der Waals surface area contributed by atoms with Crippen LogP contribution in [0.1, 0.15) is 45.7 Å². The third-order valence-electron chi connectivity index (χ3n) is 8.84. The molecule has 0 radical (unpaired) electrons. The number of hydrogen-bond acceptors (Lipinski definition) is 14. The third kappa shape index (κ3) is 4.92. The molecule has 0 aliphatic carbocycles. The molecule has 0 saturated carbocycles. The molecule has 5 rings (SSSR count). The van der Waals surface area contributed by atoms with E-state index in [-0.39, 0.29) is 102 Å². The second-order valence-electron chi connectivity index (χ2n) is 11.7. The average molecular weight is 695 g/mol. The molecule has 0 bridgehead atoms. The SMILES string of the molecule is COC(=O)c1c(OC)c2c(=O)c(OC)c(CC(C)O)c3c4c(CC(C)O)c(OC)c(=O)c5c(OC)c(C(=O)OC)c(OC)c(c(c1OC)c23)c54. The molecule has 0 amide bonds. The standard InChI is InChI=1S/C36H38O14/c1-13(37)11-15-17-18-16(12-14(2)38)30(44-4)28(40)24-20(18)22(32(46-6)26(34(24)48-8)36(42)50-10)21-19(17)23(27(39)29(15)43-3)33(47-7)25(31(21)45-5)35(41)49-9/h13-14,37-38H,11-12H2,1-10H3. The number of methoxy groups -OCH3 is 8. The Morgan fingerprint density at radius 1 is 0.460 bits per heavy atom. The van der Waals surface area contributed by atoms with Crippen LogP contribution in [0.15, 0.2) is 9.59 Å². The summed E-state index contributed by atoms with van der Waals surface area (Å²) in [6.45, 7) is 3.06. The van der Waals surface area contributed by atoms with Crippen molar-refractivity contribution in [2.75, 3.05) is 56.9 Å². The Labute approximate surface area is 285 Å². The van der Waals surface area contributed by atoms with Gasteiger partial charge in [0.15, 0.2) is 11.5 Å². The van der Waals surface area contributed by atoms with Crippen molar-refractivity contribution in [2.45, 2.75) is 38.9 Å². The molecule has 5 aromatic carbocycles. The number of aliphatic hydroxyl groups excluding tert-OH is 2. The van der Waals surface area contributed by atoms with Crippen LogP contribution in [0.25, 0.3) is 43.1 Å². The van der Waals surface area contributed by atoms with Crippen LogP contribution in [-0.4, -0.2) is 91.2 Å². The van der Waals surface area contributed by atoms with Gasteiger partial charge in [-0.3, -0.25) is 9.59 Å². The van der Waals surface area contributed by atoms with Gasteiger partial charge in [0.2, 0.25) is 10.9 Å². The van der Waals surface area contributed by atoms with E-state index in [2.05, 4.69) is 0 Å². The predicted molar refractivity (Wildman–Crippen MR) is 184 cm³/mol. The lowest BCUT2D eigenvalue weighted by atomic mass is 9.80. The lowest BCUT2D eigenvalue weighted by Gasteiger charge is -2.27. The fourth-order valence-electron chi connectivity index (χ4n) is 7.21. The highest BCUT2D eigenvalue weighted by atomic mass is 16.5. The van der Waals surface area contributed by atoms with Crippen molar-refractivity contribution < 1.29 is 57.7 Å². The summed E-state index contributed by atoms with van der Waals surface area (Å²) < 4.78 is 45.2. The molecule has 0 saturated heterocycles. The van der Waals surface area contributed by atoms with Crippen molar-refractivity contribution in [3.63, 3.8) is 0 Å². The van der Waals surface area contributed by atoms with Gasteiger partial charge in [0.1, 0.15) is 34.1 Å². The lowest BCUT2D eigenvalue weighted by Crippen LogP contribution is -2.20. The van der Waals surface area contributed by atoms with Crippen LogP contribution in [0, 0.1) is 0 Å². The molecule has 0 heterocycles. The minimum atomic E-state index is -1.01. The molecule has 2 atom stereocenters. The molecule has 5 aromatic rings. The number of carbonyl (C=O) groups is 2. The van der Waals surface area contributed by atoms with E-state index in [1.54, 1.807) is 0 Å². The zero-order chi connectivity index (χ0) is 36.9. The quantitative estimate of drug-likeness (QED) is 0.110. The van der Waals surface area contributed by atoms with Crippen molar-refractivity contribution in [1.82, 2.24) is 0 Å². The minimum absolute atomic E-state index is 0.0695. The first-order valence-corrected chi connectivity index (χ1v) is 15.4. The molecule has 0 aliphatic heterocycles. The Hall–Kier alpha value is -5.34. The molecule has 2 N–H and O–H groups in total. The third-order valence-corrected chi connectivity index (χ3v) is 8.84. The Morgan fingerprint density at radius 3 is 0.980 bits per heavy atom. The first kappa shape index (κ1) is 36.0. The average Bonchev–Trinajstić information content (AvgIpc) is 3.09.